The summed E-state index contributed by atoms with van der Waals surface area (Å²) >= 11 is 1.55. The van der Waals surface area contributed by atoms with E-state index in [2.05, 4.69) is 20.7 Å². The van der Waals surface area contributed by atoms with Gasteiger partial charge in [0.1, 0.15) is 12.7 Å². The molecule has 0 radical (unpaired) electrons. The van der Waals surface area contributed by atoms with E-state index in [1.807, 2.05) is 32.9 Å². The largest absolute Gasteiger partial charge is 0.333 e. The van der Waals surface area contributed by atoms with Gasteiger partial charge in [-0.3, -0.25) is 5.32 Å². The lowest BCUT2D eigenvalue weighted by Gasteiger charge is -2.21. The van der Waals surface area contributed by atoms with Crippen LogP contribution in [-0.4, -0.2) is 26.8 Å². The van der Waals surface area contributed by atoms with Gasteiger partial charge in [0.15, 0.2) is 0 Å². The molecule has 2 N–H and O–H groups in total. The van der Waals surface area contributed by atoms with Crippen LogP contribution in [0.1, 0.15) is 24.8 Å². The summed E-state index contributed by atoms with van der Waals surface area (Å²) in [5, 5.41) is 10.6. The van der Waals surface area contributed by atoms with Crippen LogP contribution in [0.25, 0.3) is 0 Å². The number of nitrogens with zero attached hydrogens (tertiary/aromatic N) is 3. The lowest BCUT2D eigenvalue weighted by molar-refractivity contribution is 0.244. The average Bonchev–Trinajstić information content (AvgIpc) is 2.99. The number of thiophene rings is 1. The van der Waals surface area contributed by atoms with Crippen molar-refractivity contribution in [2.45, 2.75) is 32.9 Å². The Kier molecular flexibility index (Phi) is 4.16. The van der Waals surface area contributed by atoms with Crippen molar-refractivity contribution in [1.82, 2.24) is 20.1 Å². The number of urea groups is 1. The lowest BCUT2D eigenvalue weighted by atomic mass is 10.2. The Morgan fingerprint density at radius 3 is 2.79 bits per heavy atom. The number of aryl methyl sites for hydroxylation is 1. The van der Waals surface area contributed by atoms with E-state index in [0.29, 0.717) is 0 Å². The summed E-state index contributed by atoms with van der Waals surface area (Å²) in [6.07, 6.45) is 3.13. The number of carbonyl (C=O) groups excluding carboxylic acids is 1. The minimum absolute atomic E-state index is 0.0401. The Balaban J connectivity index is 1.88. The second-order valence-corrected chi connectivity index (χ2v) is 5.70. The number of amides is 2. The summed E-state index contributed by atoms with van der Waals surface area (Å²) < 4.78 is 1.72. The van der Waals surface area contributed by atoms with Crippen molar-refractivity contribution in [2.75, 3.05) is 5.32 Å². The molecule has 2 rings (SSSR count). The number of rotatable bonds is 4. The van der Waals surface area contributed by atoms with E-state index < -0.39 is 0 Å². The first-order chi connectivity index (χ1) is 9.06. The average molecular weight is 279 g/mol. The summed E-state index contributed by atoms with van der Waals surface area (Å²) in [4.78, 5) is 16.9. The van der Waals surface area contributed by atoms with E-state index in [1.165, 1.54) is 11.2 Å². The molecule has 19 heavy (non-hydrogen) atoms. The summed E-state index contributed by atoms with van der Waals surface area (Å²) in [7, 11) is 0. The molecule has 0 bridgehead atoms. The van der Waals surface area contributed by atoms with Gasteiger partial charge >= 0.3 is 6.03 Å². The maximum atomic E-state index is 11.8. The normalized spacial score (nSPS) is 13.8. The molecule has 0 saturated heterocycles. The van der Waals surface area contributed by atoms with Gasteiger partial charge in [-0.25, -0.2) is 14.5 Å². The van der Waals surface area contributed by atoms with E-state index >= 15 is 0 Å². The van der Waals surface area contributed by atoms with Crippen LogP contribution in [0.4, 0.5) is 9.80 Å². The smallest absolute Gasteiger partial charge is 0.320 e. The van der Waals surface area contributed by atoms with Crippen molar-refractivity contribution in [1.29, 1.82) is 0 Å². The molecule has 2 atom stereocenters. The first-order valence-corrected chi connectivity index (χ1v) is 6.86. The van der Waals surface area contributed by atoms with Crippen molar-refractivity contribution in [3.05, 3.63) is 29.7 Å². The summed E-state index contributed by atoms with van der Waals surface area (Å²) in [6, 6.07) is 3.65. The molecule has 2 aromatic heterocycles. The van der Waals surface area contributed by atoms with Crippen molar-refractivity contribution >= 4 is 22.4 Å². The number of carbonyl (C=O) groups is 1. The number of anilines is 1. The summed E-state index contributed by atoms with van der Waals surface area (Å²) in [5.74, 6) is 0. The fraction of sp³-hybridized carbons (Fsp3) is 0.417. The van der Waals surface area contributed by atoms with Gasteiger partial charge < -0.3 is 5.32 Å². The Bertz CT molecular complexity index is 536. The second kappa shape index (κ2) is 5.83. The monoisotopic (exact) mass is 279 g/mol. The van der Waals surface area contributed by atoms with Gasteiger partial charge in [-0.2, -0.15) is 5.10 Å². The van der Waals surface area contributed by atoms with Crippen LogP contribution in [0, 0.1) is 6.92 Å². The Hall–Kier alpha value is -1.89. The third-order valence-electron chi connectivity index (χ3n) is 2.91. The Labute approximate surface area is 115 Å². The molecule has 0 aliphatic rings. The van der Waals surface area contributed by atoms with Gasteiger partial charge in [0.25, 0.3) is 0 Å². The lowest BCUT2D eigenvalue weighted by Crippen LogP contribution is -2.40. The van der Waals surface area contributed by atoms with Crippen LogP contribution in [-0.2, 0) is 0 Å². The highest BCUT2D eigenvalue weighted by atomic mass is 32.1. The predicted molar refractivity (Wildman–Crippen MR) is 75.4 cm³/mol. The molecule has 0 aromatic carbocycles. The highest BCUT2D eigenvalue weighted by Gasteiger charge is 2.17. The Morgan fingerprint density at radius 1 is 1.42 bits per heavy atom. The van der Waals surface area contributed by atoms with Gasteiger partial charge in [-0.05, 0) is 32.9 Å². The van der Waals surface area contributed by atoms with Gasteiger partial charge in [0.2, 0.25) is 0 Å². The van der Waals surface area contributed by atoms with Crippen molar-refractivity contribution in [2.24, 2.45) is 0 Å². The van der Waals surface area contributed by atoms with E-state index in [0.717, 1.165) is 5.00 Å². The molecule has 0 aliphatic carbocycles. The fourth-order valence-electron chi connectivity index (χ4n) is 1.63. The SMILES string of the molecule is Cc1ccc(NC(=O)N[C@@H](C)[C@@H](C)n2cncn2)s1. The molecule has 0 spiro atoms. The molecule has 0 saturated carbocycles. The summed E-state index contributed by atoms with van der Waals surface area (Å²) in [5.41, 5.74) is 0. The van der Waals surface area contributed by atoms with Crippen LogP contribution in [0.15, 0.2) is 24.8 Å². The van der Waals surface area contributed by atoms with E-state index in [4.69, 9.17) is 0 Å². The van der Waals surface area contributed by atoms with E-state index in [-0.39, 0.29) is 18.1 Å². The molecule has 7 heteroatoms. The Morgan fingerprint density at radius 2 is 2.21 bits per heavy atom. The molecule has 102 valence electrons. The zero-order valence-electron chi connectivity index (χ0n) is 11.1. The number of aromatic nitrogens is 3. The van der Waals surface area contributed by atoms with Crippen LogP contribution in [0.5, 0.6) is 0 Å². The summed E-state index contributed by atoms with van der Waals surface area (Å²) in [6.45, 7) is 5.92. The van der Waals surface area contributed by atoms with Crippen LogP contribution in [0.3, 0.4) is 0 Å². The molecule has 0 aliphatic heterocycles. The molecule has 6 nitrogen and oxygen atoms in total. The van der Waals surface area contributed by atoms with Crippen molar-refractivity contribution < 1.29 is 4.79 Å². The third kappa shape index (κ3) is 3.54. The number of hydrogen-bond donors (Lipinski definition) is 2. The molecule has 0 fully saturated rings. The van der Waals surface area contributed by atoms with Crippen LogP contribution < -0.4 is 10.6 Å². The molecule has 2 amide bonds. The third-order valence-corrected chi connectivity index (χ3v) is 3.83. The molecular weight excluding hydrogens is 262 g/mol. The first-order valence-electron chi connectivity index (χ1n) is 6.04. The molecule has 2 heterocycles. The maximum absolute atomic E-state index is 11.8. The maximum Gasteiger partial charge on any atom is 0.320 e. The van der Waals surface area contributed by atoms with Gasteiger partial charge in [0.05, 0.1) is 11.0 Å². The van der Waals surface area contributed by atoms with Crippen molar-refractivity contribution in [3.8, 4) is 0 Å². The van der Waals surface area contributed by atoms with Gasteiger partial charge in [-0.1, -0.05) is 0 Å². The highest BCUT2D eigenvalue weighted by molar-refractivity contribution is 7.16. The zero-order chi connectivity index (χ0) is 13.8. The molecule has 2 aromatic rings. The van der Waals surface area contributed by atoms with Crippen LogP contribution >= 0.6 is 11.3 Å². The molecular formula is C12H17N5OS. The minimum Gasteiger partial charge on any atom is -0.333 e. The predicted octanol–water partition coefficient (Wildman–Crippen LogP) is 2.42. The topological polar surface area (TPSA) is 71.8 Å². The van der Waals surface area contributed by atoms with E-state index in [1.54, 1.807) is 22.3 Å². The van der Waals surface area contributed by atoms with Crippen LogP contribution in [0.2, 0.25) is 0 Å². The fourth-order valence-corrected chi connectivity index (χ4v) is 2.40. The second-order valence-electron chi connectivity index (χ2n) is 4.41. The van der Waals surface area contributed by atoms with E-state index in [9.17, 15) is 4.79 Å². The zero-order valence-corrected chi connectivity index (χ0v) is 11.9. The molecule has 0 unspecified atom stereocenters. The minimum atomic E-state index is -0.207. The highest BCUT2D eigenvalue weighted by Crippen LogP contribution is 2.20. The van der Waals surface area contributed by atoms with Gasteiger partial charge in [0, 0.05) is 10.9 Å². The van der Waals surface area contributed by atoms with Crippen molar-refractivity contribution in [3.63, 3.8) is 0 Å². The standard InChI is InChI=1S/C12H17N5OS/c1-8-4-5-11(19-8)16-12(18)15-9(2)10(3)17-7-13-6-14-17/h4-7,9-10H,1-3H3,(H2,15,16,18)/t9-,10+/m0/s1. The number of hydrogen-bond acceptors (Lipinski definition) is 4. The quantitative estimate of drug-likeness (QED) is 0.902. The van der Waals surface area contributed by atoms with Gasteiger partial charge in [-0.15, -0.1) is 11.3 Å². The first kappa shape index (κ1) is 13.5. The number of nitrogens with one attached hydrogen (secondary N) is 2.